The molecular formula is C37H40FN3O6S. The summed E-state index contributed by atoms with van der Waals surface area (Å²) in [5.74, 6) is -0.689. The van der Waals surface area contributed by atoms with Crippen LogP contribution in [0.5, 0.6) is 11.5 Å². The van der Waals surface area contributed by atoms with E-state index in [0.717, 1.165) is 33.1 Å². The summed E-state index contributed by atoms with van der Waals surface area (Å²) < 4.78 is 54.8. The lowest BCUT2D eigenvalue weighted by molar-refractivity contribution is -0.140. The minimum absolute atomic E-state index is 0.0487. The van der Waals surface area contributed by atoms with Gasteiger partial charge in [-0.15, -0.1) is 0 Å². The zero-order chi connectivity index (χ0) is 34.3. The van der Waals surface area contributed by atoms with Crippen molar-refractivity contribution in [3.05, 3.63) is 120 Å². The number of halogens is 1. The molecule has 9 nitrogen and oxygen atoms in total. The Morgan fingerprint density at radius 3 is 2.19 bits per heavy atom. The Balaban J connectivity index is 1.56. The highest BCUT2D eigenvalue weighted by Gasteiger charge is 2.35. The van der Waals surface area contributed by atoms with Crippen molar-refractivity contribution in [2.75, 3.05) is 30.6 Å². The van der Waals surface area contributed by atoms with Gasteiger partial charge in [0.05, 0.1) is 10.6 Å². The van der Waals surface area contributed by atoms with Crippen LogP contribution < -0.4 is 19.1 Å². The fraction of sp³-hybridized carbons (Fsp3) is 0.297. The monoisotopic (exact) mass is 673 g/mol. The van der Waals surface area contributed by atoms with Crippen LogP contribution in [0.4, 0.5) is 10.1 Å². The molecule has 0 aliphatic carbocycles. The van der Waals surface area contributed by atoms with Crippen LogP contribution in [0.25, 0.3) is 0 Å². The quantitative estimate of drug-likeness (QED) is 0.201. The number of fused-ring (bicyclic) bond motifs is 1. The second-order valence-corrected chi connectivity index (χ2v) is 14.0. The number of benzene rings is 4. The first-order valence-corrected chi connectivity index (χ1v) is 17.3. The highest BCUT2D eigenvalue weighted by molar-refractivity contribution is 7.92. The SMILES string of the molecule is Cc1ccc(CN(C(=O)CN(c2ccc(F)cc2)S(=O)(=O)c2ccc3c(c2)OCCO3)[C@H](Cc2ccccc2)C(=O)NCC(C)C)cc1. The van der Waals surface area contributed by atoms with Gasteiger partial charge >= 0.3 is 0 Å². The molecule has 1 aliphatic heterocycles. The first kappa shape index (κ1) is 34.4. The third-order valence-corrected chi connectivity index (χ3v) is 9.69. The van der Waals surface area contributed by atoms with E-state index in [1.54, 1.807) is 0 Å². The number of ether oxygens (including phenoxy) is 2. The topological polar surface area (TPSA) is 105 Å². The van der Waals surface area contributed by atoms with Crippen LogP contribution in [0.2, 0.25) is 0 Å². The molecule has 0 aromatic heterocycles. The van der Waals surface area contributed by atoms with E-state index in [2.05, 4.69) is 5.32 Å². The third-order valence-electron chi connectivity index (χ3n) is 7.92. The molecule has 0 radical (unpaired) electrons. The summed E-state index contributed by atoms with van der Waals surface area (Å²) in [6, 6.07) is 25.1. The van der Waals surface area contributed by atoms with Gasteiger partial charge in [-0.05, 0) is 60.4 Å². The number of nitrogens with one attached hydrogen (secondary N) is 1. The molecule has 0 bridgehead atoms. The molecule has 1 heterocycles. The van der Waals surface area contributed by atoms with Crippen molar-refractivity contribution in [1.82, 2.24) is 10.2 Å². The van der Waals surface area contributed by atoms with Gasteiger partial charge in [-0.1, -0.05) is 74.0 Å². The van der Waals surface area contributed by atoms with E-state index in [9.17, 15) is 22.4 Å². The Hall–Kier alpha value is -4.90. The van der Waals surface area contributed by atoms with E-state index in [4.69, 9.17) is 9.47 Å². The van der Waals surface area contributed by atoms with Crippen molar-refractivity contribution in [2.45, 2.75) is 44.7 Å². The van der Waals surface area contributed by atoms with E-state index in [0.29, 0.717) is 18.9 Å². The fourth-order valence-electron chi connectivity index (χ4n) is 5.31. The van der Waals surface area contributed by atoms with E-state index < -0.39 is 34.3 Å². The molecule has 2 amide bonds. The second-order valence-electron chi connectivity index (χ2n) is 12.1. The number of amides is 2. The predicted octanol–water partition coefficient (Wildman–Crippen LogP) is 5.51. The van der Waals surface area contributed by atoms with Gasteiger partial charge < -0.3 is 19.7 Å². The Labute approximate surface area is 281 Å². The van der Waals surface area contributed by atoms with Gasteiger partial charge in [0.2, 0.25) is 11.8 Å². The zero-order valence-corrected chi connectivity index (χ0v) is 28.1. The number of carbonyl (C=O) groups is 2. The lowest BCUT2D eigenvalue weighted by Gasteiger charge is -2.34. The minimum atomic E-state index is -4.41. The molecule has 0 unspecified atom stereocenters. The average Bonchev–Trinajstić information content (AvgIpc) is 3.09. The first-order valence-electron chi connectivity index (χ1n) is 15.9. The Kier molecular flexibility index (Phi) is 11.0. The van der Waals surface area contributed by atoms with E-state index in [1.165, 1.54) is 35.2 Å². The van der Waals surface area contributed by atoms with Crippen LogP contribution in [-0.4, -0.2) is 57.5 Å². The van der Waals surface area contributed by atoms with E-state index in [-0.39, 0.29) is 47.7 Å². The van der Waals surface area contributed by atoms with E-state index in [1.807, 2.05) is 75.4 Å². The summed E-state index contributed by atoms with van der Waals surface area (Å²) in [7, 11) is -4.41. The van der Waals surface area contributed by atoms with Crippen LogP contribution in [0.1, 0.15) is 30.5 Å². The van der Waals surface area contributed by atoms with Crippen molar-refractivity contribution in [1.29, 1.82) is 0 Å². The number of hydrogen-bond donors (Lipinski definition) is 1. The standard InChI is InChI=1S/C37H40FN3O6S/c1-26(2)23-39-37(43)33(21-28-7-5-4-6-8-28)40(24-29-11-9-27(3)10-12-29)36(42)25-41(31-15-13-30(38)14-16-31)48(44,45)32-17-18-34-35(22-32)47-20-19-46-34/h4-18,22,26,33H,19-21,23-25H2,1-3H3,(H,39,43)/t33-/m1/s1. The molecule has 4 aromatic rings. The Morgan fingerprint density at radius 1 is 0.854 bits per heavy atom. The van der Waals surface area contributed by atoms with Gasteiger partial charge in [-0.25, -0.2) is 12.8 Å². The van der Waals surface area contributed by atoms with Gasteiger partial charge in [0, 0.05) is 25.6 Å². The Morgan fingerprint density at radius 2 is 1.52 bits per heavy atom. The number of nitrogens with zero attached hydrogens (tertiary/aromatic N) is 2. The van der Waals surface area contributed by atoms with Gasteiger partial charge in [0.25, 0.3) is 10.0 Å². The number of anilines is 1. The maximum Gasteiger partial charge on any atom is 0.264 e. The summed E-state index contributed by atoms with van der Waals surface area (Å²) in [5, 5.41) is 2.98. The van der Waals surface area contributed by atoms with Crippen molar-refractivity contribution in [2.24, 2.45) is 5.92 Å². The number of carbonyl (C=O) groups excluding carboxylic acids is 2. The highest BCUT2D eigenvalue weighted by Crippen LogP contribution is 2.34. The smallest absolute Gasteiger partial charge is 0.264 e. The van der Waals surface area contributed by atoms with Crippen molar-refractivity contribution < 1.29 is 31.9 Å². The molecule has 0 saturated heterocycles. The number of aryl methyl sites for hydroxylation is 1. The van der Waals surface area contributed by atoms with Gasteiger partial charge in [0.15, 0.2) is 11.5 Å². The lowest BCUT2D eigenvalue weighted by atomic mass is 10.0. The van der Waals surface area contributed by atoms with Crippen LogP contribution in [0.15, 0.2) is 102 Å². The summed E-state index contributed by atoms with van der Waals surface area (Å²) >= 11 is 0. The maximum absolute atomic E-state index is 14.6. The summed E-state index contributed by atoms with van der Waals surface area (Å²) in [6.45, 7) is 6.29. The molecule has 252 valence electrons. The third kappa shape index (κ3) is 8.51. The molecule has 48 heavy (non-hydrogen) atoms. The highest BCUT2D eigenvalue weighted by atomic mass is 32.2. The van der Waals surface area contributed by atoms with Gasteiger partial charge in [0.1, 0.15) is 31.6 Å². The molecule has 0 fully saturated rings. The van der Waals surface area contributed by atoms with Crippen LogP contribution in [0.3, 0.4) is 0 Å². The van der Waals surface area contributed by atoms with Crippen molar-refractivity contribution in [3.8, 4) is 11.5 Å². The normalized spacial score (nSPS) is 13.1. The lowest BCUT2D eigenvalue weighted by Crippen LogP contribution is -2.53. The molecule has 1 atom stereocenters. The minimum Gasteiger partial charge on any atom is -0.486 e. The molecule has 1 N–H and O–H groups in total. The molecule has 11 heteroatoms. The molecule has 4 aromatic carbocycles. The molecule has 0 saturated carbocycles. The fourth-order valence-corrected chi connectivity index (χ4v) is 6.74. The van der Waals surface area contributed by atoms with Crippen molar-refractivity contribution >= 4 is 27.5 Å². The maximum atomic E-state index is 14.6. The average molecular weight is 674 g/mol. The van der Waals surface area contributed by atoms with Crippen LogP contribution >= 0.6 is 0 Å². The van der Waals surface area contributed by atoms with Crippen molar-refractivity contribution in [3.63, 3.8) is 0 Å². The number of sulfonamides is 1. The number of rotatable bonds is 13. The van der Waals surface area contributed by atoms with Gasteiger partial charge in [-0.3, -0.25) is 13.9 Å². The Bertz CT molecular complexity index is 1820. The zero-order valence-electron chi connectivity index (χ0n) is 27.3. The van der Waals surface area contributed by atoms with E-state index >= 15 is 0 Å². The molecule has 0 spiro atoms. The summed E-state index contributed by atoms with van der Waals surface area (Å²) in [4.78, 5) is 29.8. The predicted molar refractivity (Wildman–Crippen MR) is 182 cm³/mol. The molecule has 1 aliphatic rings. The first-order chi connectivity index (χ1) is 23.0. The molecular weight excluding hydrogens is 633 g/mol. The summed E-state index contributed by atoms with van der Waals surface area (Å²) in [5.41, 5.74) is 2.72. The molecule has 5 rings (SSSR count). The van der Waals surface area contributed by atoms with Crippen LogP contribution in [-0.2, 0) is 32.6 Å². The second kappa shape index (κ2) is 15.3. The van der Waals surface area contributed by atoms with Crippen LogP contribution in [0, 0.1) is 18.7 Å². The number of hydrogen-bond acceptors (Lipinski definition) is 6. The summed E-state index contributed by atoms with van der Waals surface area (Å²) in [6.07, 6.45) is 0.202. The van der Waals surface area contributed by atoms with Gasteiger partial charge in [-0.2, -0.15) is 0 Å². The largest absolute Gasteiger partial charge is 0.486 e.